The summed E-state index contributed by atoms with van der Waals surface area (Å²) in [6, 6.07) is 5.93. The molecule has 0 N–H and O–H groups in total. The van der Waals surface area contributed by atoms with Crippen molar-refractivity contribution in [3.8, 4) is 22.3 Å². The van der Waals surface area contributed by atoms with Gasteiger partial charge in [0, 0.05) is 42.6 Å². The number of rotatable bonds is 7. The molecule has 0 saturated heterocycles. The van der Waals surface area contributed by atoms with Crippen LogP contribution in [0, 0.1) is 17.1 Å². The van der Waals surface area contributed by atoms with E-state index in [1.165, 1.54) is 24.8 Å². The number of fused-ring (bicyclic) bond motifs is 1. The molecule has 4 aromatic rings. The lowest BCUT2D eigenvalue weighted by atomic mass is 10.1. The van der Waals surface area contributed by atoms with E-state index in [1.807, 2.05) is 6.07 Å². The molecule has 9 nitrogen and oxygen atoms in total. The number of imidazole rings is 1. The minimum atomic E-state index is -4.64. The van der Waals surface area contributed by atoms with Crippen LogP contribution in [0.5, 0.6) is 5.75 Å². The topological polar surface area (TPSA) is 107 Å². The van der Waals surface area contributed by atoms with Gasteiger partial charge in [0.2, 0.25) is 5.82 Å². The molecule has 0 atom stereocenters. The summed E-state index contributed by atoms with van der Waals surface area (Å²) in [7, 11) is 2.48. The van der Waals surface area contributed by atoms with E-state index in [1.54, 1.807) is 6.07 Å². The Bertz CT molecular complexity index is 1790. The van der Waals surface area contributed by atoms with E-state index < -0.39 is 29.1 Å². The van der Waals surface area contributed by atoms with E-state index in [2.05, 4.69) is 9.98 Å². The highest BCUT2D eigenvalue weighted by molar-refractivity contribution is 7.22. The first kappa shape index (κ1) is 27.8. The number of methoxy groups -OCH3 is 1. The van der Waals surface area contributed by atoms with Crippen molar-refractivity contribution in [2.75, 3.05) is 7.11 Å². The van der Waals surface area contributed by atoms with Gasteiger partial charge in [-0.3, -0.25) is 14.4 Å². The lowest BCUT2D eigenvalue weighted by Crippen LogP contribution is -2.36. The van der Waals surface area contributed by atoms with Crippen molar-refractivity contribution in [2.24, 2.45) is 12.0 Å². The fraction of sp³-hybridized carbons (Fsp3) is 0.208. The molecule has 15 heteroatoms. The van der Waals surface area contributed by atoms with Gasteiger partial charge in [0.05, 0.1) is 42.0 Å². The van der Waals surface area contributed by atoms with Gasteiger partial charge in [-0.1, -0.05) is 11.6 Å². The second-order valence-corrected chi connectivity index (χ2v) is 9.44. The Morgan fingerprint density at radius 2 is 2.03 bits per heavy atom. The summed E-state index contributed by atoms with van der Waals surface area (Å²) in [5.41, 5.74) is -0.930. The number of alkyl halides is 3. The zero-order chi connectivity index (χ0) is 28.5. The first-order valence-electron chi connectivity index (χ1n) is 11.0. The van der Waals surface area contributed by atoms with Gasteiger partial charge >= 0.3 is 11.9 Å². The zero-order valence-corrected chi connectivity index (χ0v) is 21.7. The molecule has 0 spiro atoms. The first-order chi connectivity index (χ1) is 18.5. The summed E-state index contributed by atoms with van der Waals surface area (Å²) in [5.74, 6) is -1.85. The summed E-state index contributed by atoms with van der Waals surface area (Å²) in [4.78, 5) is 34.2. The number of ether oxygens (including phenoxy) is 1. The van der Waals surface area contributed by atoms with E-state index in [9.17, 15) is 27.2 Å². The van der Waals surface area contributed by atoms with Crippen LogP contribution >= 0.6 is 22.9 Å². The molecule has 0 bridgehead atoms. The van der Waals surface area contributed by atoms with Crippen molar-refractivity contribution in [3.63, 3.8) is 0 Å². The Kier molecular flexibility index (Phi) is 7.75. The number of benzene rings is 1. The molecule has 0 amide bonds. The molecular formula is C24H17ClF4N6O3S. The molecule has 3 heterocycles. The van der Waals surface area contributed by atoms with Gasteiger partial charge in [-0.05, 0) is 18.2 Å². The predicted octanol–water partition coefficient (Wildman–Crippen LogP) is 4.91. The second-order valence-electron chi connectivity index (χ2n) is 7.98. The molecule has 0 fully saturated rings. The van der Waals surface area contributed by atoms with Crippen LogP contribution in [-0.4, -0.2) is 32.0 Å². The van der Waals surface area contributed by atoms with Gasteiger partial charge < -0.3 is 9.30 Å². The number of hydrogen-bond acceptors (Lipinski definition) is 7. The highest BCUT2D eigenvalue weighted by Crippen LogP contribution is 2.38. The van der Waals surface area contributed by atoms with Crippen molar-refractivity contribution in [3.05, 3.63) is 73.8 Å². The maximum Gasteiger partial charge on any atom is 0.449 e. The molecule has 0 radical (unpaired) electrons. The Labute approximate surface area is 226 Å². The highest BCUT2D eigenvalue weighted by atomic mass is 35.5. The van der Waals surface area contributed by atoms with E-state index >= 15 is 0 Å². The highest BCUT2D eigenvalue weighted by Gasteiger charge is 2.36. The number of aryl methyl sites for hydroxylation is 2. The summed E-state index contributed by atoms with van der Waals surface area (Å²) < 4.78 is 60.8. The summed E-state index contributed by atoms with van der Waals surface area (Å²) in [6.45, 7) is -0.0337. The monoisotopic (exact) mass is 580 g/mol. The molecule has 0 aliphatic heterocycles. The summed E-state index contributed by atoms with van der Waals surface area (Å²) >= 11 is 7.24. The number of aliphatic imine (C=N–C) groups is 1. The Morgan fingerprint density at radius 3 is 2.67 bits per heavy atom. The number of aromatic nitrogens is 4. The molecule has 0 aliphatic carbocycles. The van der Waals surface area contributed by atoms with Crippen LogP contribution in [0.25, 0.3) is 26.9 Å². The smallest absolute Gasteiger partial charge is 0.449 e. The molecule has 3 aromatic heterocycles. The molecule has 0 unspecified atom stereocenters. The minimum Gasteiger partial charge on any atom is -0.494 e. The van der Waals surface area contributed by atoms with E-state index in [-0.39, 0.29) is 39.6 Å². The average molecular weight is 581 g/mol. The number of nitrogens with zero attached hydrogens (tertiary/aromatic N) is 6. The van der Waals surface area contributed by atoms with Crippen molar-refractivity contribution < 1.29 is 22.3 Å². The molecule has 39 heavy (non-hydrogen) atoms. The molecule has 4 rings (SSSR count). The second kappa shape index (κ2) is 10.9. The van der Waals surface area contributed by atoms with Crippen LogP contribution in [0.2, 0.25) is 5.02 Å². The minimum absolute atomic E-state index is 0.0337. The van der Waals surface area contributed by atoms with Crippen molar-refractivity contribution in [1.82, 2.24) is 18.7 Å². The number of nitriles is 1. The van der Waals surface area contributed by atoms with E-state index in [0.29, 0.717) is 10.4 Å². The van der Waals surface area contributed by atoms with Gasteiger partial charge in [0.15, 0.2) is 11.6 Å². The van der Waals surface area contributed by atoms with E-state index in [0.717, 1.165) is 51.3 Å². The fourth-order valence-corrected chi connectivity index (χ4v) is 5.16. The van der Waals surface area contributed by atoms with Gasteiger partial charge in [0.25, 0.3) is 5.56 Å². The van der Waals surface area contributed by atoms with Gasteiger partial charge in [-0.25, -0.2) is 18.7 Å². The van der Waals surface area contributed by atoms with Crippen molar-refractivity contribution in [1.29, 1.82) is 5.26 Å². The SMILES string of the molecule is COc1cc(-c2cc3c(s2)c(=O)n(/C=C/N=Cc2cn(C)c(C(F)(F)F)n2)c(=O)n3CCC#N)c(Cl)cc1F. The fourth-order valence-electron chi connectivity index (χ4n) is 3.72. The maximum atomic E-state index is 14.0. The third-order valence-corrected chi connectivity index (χ3v) is 6.92. The van der Waals surface area contributed by atoms with Gasteiger partial charge in [-0.2, -0.15) is 18.4 Å². The van der Waals surface area contributed by atoms with Crippen LogP contribution in [0.3, 0.4) is 0 Å². The molecule has 1 aromatic carbocycles. The van der Waals surface area contributed by atoms with Crippen molar-refractivity contribution in [2.45, 2.75) is 19.1 Å². The average Bonchev–Trinajstić information content (AvgIpc) is 3.47. The van der Waals surface area contributed by atoms with Gasteiger partial charge in [0.1, 0.15) is 4.70 Å². The molecular weight excluding hydrogens is 564 g/mol. The largest absolute Gasteiger partial charge is 0.494 e. The Morgan fingerprint density at radius 1 is 1.28 bits per heavy atom. The third kappa shape index (κ3) is 5.50. The number of hydrogen-bond donors (Lipinski definition) is 0. The molecule has 0 saturated carbocycles. The normalized spacial score (nSPS) is 12.2. The van der Waals surface area contributed by atoms with Gasteiger partial charge in [-0.15, -0.1) is 11.3 Å². The van der Waals surface area contributed by atoms with Crippen LogP contribution in [0.4, 0.5) is 17.6 Å². The zero-order valence-electron chi connectivity index (χ0n) is 20.2. The van der Waals surface area contributed by atoms with Crippen LogP contribution in [-0.2, 0) is 19.8 Å². The molecule has 0 aliphatic rings. The maximum absolute atomic E-state index is 14.0. The van der Waals surface area contributed by atoms with Crippen molar-refractivity contribution >= 4 is 45.6 Å². The Hall–Kier alpha value is -4.22. The predicted molar refractivity (Wildman–Crippen MR) is 139 cm³/mol. The Balaban J connectivity index is 1.79. The standard InChI is InChI=1S/C24H17ClF4N6O3S/c1-33-12-13(32-22(33)24(27,28)29)11-31-5-7-35-21(36)20-17(34(23(35)37)6-3-4-30)10-19(39-20)14-8-18(38-2)16(26)9-15(14)25/h5,7-12H,3,6H2,1-2H3/b7-5+,31-11?. The lowest BCUT2D eigenvalue weighted by Gasteiger charge is -2.07. The number of thiophene rings is 1. The number of halogens is 5. The first-order valence-corrected chi connectivity index (χ1v) is 12.1. The quantitative estimate of drug-likeness (QED) is 0.228. The molecule has 202 valence electrons. The van der Waals surface area contributed by atoms with Crippen LogP contribution in [0.15, 0.2) is 45.2 Å². The summed E-state index contributed by atoms with van der Waals surface area (Å²) in [5, 5.41) is 9.12. The summed E-state index contributed by atoms with van der Waals surface area (Å²) in [6.07, 6.45) is -0.401. The van der Waals surface area contributed by atoms with Crippen LogP contribution < -0.4 is 16.0 Å². The van der Waals surface area contributed by atoms with Crippen LogP contribution in [0.1, 0.15) is 17.9 Å². The van der Waals surface area contributed by atoms with E-state index in [4.69, 9.17) is 21.6 Å². The third-order valence-electron chi connectivity index (χ3n) is 5.46. The lowest BCUT2D eigenvalue weighted by molar-refractivity contribution is -0.146.